The number of aromatic nitrogens is 2. The summed E-state index contributed by atoms with van der Waals surface area (Å²) in [5.41, 5.74) is 1.60. The van der Waals surface area contributed by atoms with Crippen molar-refractivity contribution in [3.8, 4) is 11.3 Å². The number of hydrogen-bond donors (Lipinski definition) is 1. The van der Waals surface area contributed by atoms with Crippen molar-refractivity contribution in [2.45, 2.75) is 43.0 Å². The maximum absolute atomic E-state index is 11.5. The zero-order valence-corrected chi connectivity index (χ0v) is 14.0. The van der Waals surface area contributed by atoms with Gasteiger partial charge < -0.3 is 5.32 Å². The first kappa shape index (κ1) is 15.9. The van der Waals surface area contributed by atoms with Gasteiger partial charge in [-0.25, -0.2) is 13.4 Å². The van der Waals surface area contributed by atoms with E-state index in [2.05, 4.69) is 15.3 Å². The SMILES string of the molecule is CS(=O)(=O)c1ccc(-c2cncc(NC3CCCCC3)n2)cc1. The van der Waals surface area contributed by atoms with Crippen LogP contribution in [0.25, 0.3) is 11.3 Å². The van der Waals surface area contributed by atoms with Gasteiger partial charge in [-0.2, -0.15) is 0 Å². The number of nitrogens with one attached hydrogen (secondary N) is 1. The molecule has 0 radical (unpaired) electrons. The summed E-state index contributed by atoms with van der Waals surface area (Å²) in [5.74, 6) is 0.779. The van der Waals surface area contributed by atoms with Gasteiger partial charge in [0.25, 0.3) is 0 Å². The first-order valence-corrected chi connectivity index (χ1v) is 9.80. The minimum absolute atomic E-state index is 0.311. The second kappa shape index (κ2) is 6.66. The lowest BCUT2D eigenvalue weighted by Gasteiger charge is -2.23. The van der Waals surface area contributed by atoms with Crippen molar-refractivity contribution in [1.82, 2.24) is 9.97 Å². The average molecular weight is 331 g/mol. The van der Waals surface area contributed by atoms with Gasteiger partial charge >= 0.3 is 0 Å². The molecule has 1 aliphatic carbocycles. The van der Waals surface area contributed by atoms with Crippen molar-refractivity contribution in [2.75, 3.05) is 11.6 Å². The predicted molar refractivity (Wildman–Crippen MR) is 91.1 cm³/mol. The molecule has 1 heterocycles. The summed E-state index contributed by atoms with van der Waals surface area (Å²) < 4.78 is 23.0. The van der Waals surface area contributed by atoms with Crippen LogP contribution in [0.1, 0.15) is 32.1 Å². The zero-order valence-electron chi connectivity index (χ0n) is 13.2. The van der Waals surface area contributed by atoms with Crippen LogP contribution in [0.15, 0.2) is 41.6 Å². The maximum Gasteiger partial charge on any atom is 0.175 e. The van der Waals surface area contributed by atoms with Gasteiger partial charge in [0.05, 0.1) is 23.0 Å². The molecule has 23 heavy (non-hydrogen) atoms. The van der Waals surface area contributed by atoms with E-state index in [0.717, 1.165) is 17.1 Å². The molecule has 0 amide bonds. The summed E-state index contributed by atoms with van der Waals surface area (Å²) in [5, 5.41) is 3.46. The van der Waals surface area contributed by atoms with Gasteiger partial charge in [-0.3, -0.25) is 4.98 Å². The third-order valence-electron chi connectivity index (χ3n) is 4.17. The third-order valence-corrected chi connectivity index (χ3v) is 5.30. The molecule has 1 N–H and O–H groups in total. The van der Waals surface area contributed by atoms with Gasteiger partial charge in [0.1, 0.15) is 5.82 Å². The number of anilines is 1. The van der Waals surface area contributed by atoms with E-state index < -0.39 is 9.84 Å². The maximum atomic E-state index is 11.5. The summed E-state index contributed by atoms with van der Waals surface area (Å²) in [4.78, 5) is 9.17. The predicted octanol–water partition coefficient (Wildman–Crippen LogP) is 3.29. The van der Waals surface area contributed by atoms with Crippen molar-refractivity contribution in [3.63, 3.8) is 0 Å². The third kappa shape index (κ3) is 4.07. The van der Waals surface area contributed by atoms with Crippen LogP contribution < -0.4 is 5.32 Å². The fraction of sp³-hybridized carbons (Fsp3) is 0.412. The first-order chi connectivity index (χ1) is 11.0. The molecule has 0 atom stereocenters. The molecule has 1 saturated carbocycles. The molecular weight excluding hydrogens is 310 g/mol. The van der Waals surface area contributed by atoms with Gasteiger partial charge in [-0.1, -0.05) is 31.4 Å². The van der Waals surface area contributed by atoms with Crippen LogP contribution in [0.2, 0.25) is 0 Å². The monoisotopic (exact) mass is 331 g/mol. The fourth-order valence-electron chi connectivity index (χ4n) is 2.90. The van der Waals surface area contributed by atoms with Gasteiger partial charge in [0, 0.05) is 17.9 Å². The van der Waals surface area contributed by atoms with Crippen molar-refractivity contribution in [2.24, 2.45) is 0 Å². The van der Waals surface area contributed by atoms with E-state index in [-0.39, 0.29) is 0 Å². The molecule has 5 nitrogen and oxygen atoms in total. The first-order valence-electron chi connectivity index (χ1n) is 7.91. The highest BCUT2D eigenvalue weighted by Crippen LogP contribution is 2.23. The molecule has 6 heteroatoms. The van der Waals surface area contributed by atoms with E-state index >= 15 is 0 Å². The molecule has 1 aromatic carbocycles. The summed E-state index contributed by atoms with van der Waals surface area (Å²) in [6.07, 6.45) is 10.8. The van der Waals surface area contributed by atoms with E-state index in [9.17, 15) is 8.42 Å². The van der Waals surface area contributed by atoms with Crippen molar-refractivity contribution in [3.05, 3.63) is 36.7 Å². The Kier molecular flexibility index (Phi) is 4.61. The molecule has 0 aliphatic heterocycles. The zero-order chi connectivity index (χ0) is 16.3. The highest BCUT2D eigenvalue weighted by molar-refractivity contribution is 7.90. The van der Waals surface area contributed by atoms with E-state index in [0.29, 0.717) is 10.9 Å². The van der Waals surface area contributed by atoms with E-state index in [1.54, 1.807) is 36.7 Å². The smallest absolute Gasteiger partial charge is 0.175 e. The average Bonchev–Trinajstić information content (AvgIpc) is 2.55. The second-order valence-electron chi connectivity index (χ2n) is 6.07. The van der Waals surface area contributed by atoms with Crippen LogP contribution in [-0.4, -0.2) is 30.7 Å². The Morgan fingerprint density at radius 2 is 1.74 bits per heavy atom. The van der Waals surface area contributed by atoms with Crippen molar-refractivity contribution in [1.29, 1.82) is 0 Å². The Hall–Kier alpha value is -1.95. The topological polar surface area (TPSA) is 72.0 Å². The molecule has 2 aromatic rings. The van der Waals surface area contributed by atoms with Crippen LogP contribution >= 0.6 is 0 Å². The number of hydrogen-bond acceptors (Lipinski definition) is 5. The number of rotatable bonds is 4. The van der Waals surface area contributed by atoms with Crippen molar-refractivity contribution >= 4 is 15.7 Å². The minimum atomic E-state index is -3.18. The molecule has 1 aromatic heterocycles. The van der Waals surface area contributed by atoms with Gasteiger partial charge in [0.2, 0.25) is 0 Å². The minimum Gasteiger partial charge on any atom is -0.366 e. The van der Waals surface area contributed by atoms with Crippen LogP contribution in [0.3, 0.4) is 0 Å². The molecule has 0 bridgehead atoms. The molecule has 0 saturated heterocycles. The molecule has 0 unspecified atom stereocenters. The van der Waals surface area contributed by atoms with Gasteiger partial charge in [0.15, 0.2) is 9.84 Å². The summed E-state index contributed by atoms with van der Waals surface area (Å²) in [6.45, 7) is 0. The van der Waals surface area contributed by atoms with Gasteiger partial charge in [-0.05, 0) is 25.0 Å². The molecule has 3 rings (SSSR count). The quantitative estimate of drug-likeness (QED) is 0.931. The highest BCUT2D eigenvalue weighted by atomic mass is 32.2. The van der Waals surface area contributed by atoms with Crippen LogP contribution in [0, 0.1) is 0 Å². The van der Waals surface area contributed by atoms with Crippen LogP contribution in [0.4, 0.5) is 5.82 Å². The largest absolute Gasteiger partial charge is 0.366 e. The summed E-state index contributed by atoms with van der Waals surface area (Å²) in [7, 11) is -3.18. The second-order valence-corrected chi connectivity index (χ2v) is 8.08. The molecule has 1 fully saturated rings. The van der Waals surface area contributed by atoms with E-state index in [4.69, 9.17) is 0 Å². The lowest BCUT2D eigenvalue weighted by molar-refractivity contribution is 0.462. The van der Waals surface area contributed by atoms with Crippen molar-refractivity contribution < 1.29 is 8.42 Å². The standard InChI is InChI=1S/C17H21N3O2S/c1-23(21,22)15-9-7-13(8-10-15)16-11-18-12-17(20-16)19-14-5-3-2-4-6-14/h7-12,14H,2-6H2,1H3,(H,19,20). The van der Waals surface area contributed by atoms with E-state index in [1.807, 2.05) is 0 Å². The Morgan fingerprint density at radius 3 is 2.39 bits per heavy atom. The Labute approximate surface area is 137 Å². The summed E-state index contributed by atoms with van der Waals surface area (Å²) >= 11 is 0. The van der Waals surface area contributed by atoms with Gasteiger partial charge in [-0.15, -0.1) is 0 Å². The number of benzene rings is 1. The highest BCUT2D eigenvalue weighted by Gasteiger charge is 2.14. The lowest BCUT2D eigenvalue weighted by Crippen LogP contribution is -2.22. The van der Waals surface area contributed by atoms with E-state index in [1.165, 1.54) is 38.4 Å². The molecule has 122 valence electrons. The molecule has 0 spiro atoms. The lowest BCUT2D eigenvalue weighted by atomic mass is 9.95. The van der Waals surface area contributed by atoms with Crippen LogP contribution in [-0.2, 0) is 9.84 Å². The fourth-order valence-corrected chi connectivity index (χ4v) is 3.53. The molecule has 1 aliphatic rings. The number of nitrogens with zero attached hydrogens (tertiary/aromatic N) is 2. The van der Waals surface area contributed by atoms with Crippen LogP contribution in [0.5, 0.6) is 0 Å². The Bertz CT molecular complexity index is 767. The Balaban J connectivity index is 1.79. The normalized spacial score (nSPS) is 16.2. The molecular formula is C17H21N3O2S. The Morgan fingerprint density at radius 1 is 1.04 bits per heavy atom. The number of sulfone groups is 1. The summed E-state index contributed by atoms with van der Waals surface area (Å²) in [6, 6.07) is 7.22.